The largest absolute Gasteiger partial charge is 0.494 e. The summed E-state index contributed by atoms with van der Waals surface area (Å²) in [6, 6.07) is 11.5. The highest BCUT2D eigenvalue weighted by Crippen LogP contribution is 2.29. The van der Waals surface area contributed by atoms with Crippen LogP contribution in [0.3, 0.4) is 0 Å². The molecule has 1 N–H and O–H groups in total. The van der Waals surface area contributed by atoms with E-state index in [0.29, 0.717) is 23.7 Å². The number of carbonyl (C=O) groups excluding carboxylic acids is 1. The van der Waals surface area contributed by atoms with Crippen LogP contribution < -0.4 is 14.4 Å². The van der Waals surface area contributed by atoms with Crippen molar-refractivity contribution in [3.63, 3.8) is 0 Å². The number of aryl methyl sites for hydroxylation is 1. The second kappa shape index (κ2) is 9.98. The van der Waals surface area contributed by atoms with Crippen LogP contribution in [0.4, 0.5) is 5.69 Å². The second-order valence-corrected chi connectivity index (χ2v) is 9.01. The lowest BCUT2D eigenvalue weighted by atomic mass is 10.1. The summed E-state index contributed by atoms with van der Waals surface area (Å²) in [4.78, 5) is 12.9. The number of amides is 1. The second-order valence-electron chi connectivity index (χ2n) is 6.71. The summed E-state index contributed by atoms with van der Waals surface area (Å²) in [6.45, 7) is 6.28. The minimum Gasteiger partial charge on any atom is -0.494 e. The summed E-state index contributed by atoms with van der Waals surface area (Å²) in [5.74, 6) is 0.345. The Morgan fingerprint density at radius 3 is 2.55 bits per heavy atom. The molecule has 0 fully saturated rings. The average molecular weight is 439 g/mol. The van der Waals surface area contributed by atoms with E-state index in [9.17, 15) is 13.2 Å². The fourth-order valence-electron chi connectivity index (χ4n) is 3.07. The van der Waals surface area contributed by atoms with E-state index in [4.69, 9.17) is 16.3 Å². The molecule has 6 nitrogen and oxygen atoms in total. The molecule has 0 spiro atoms. The predicted octanol–water partition coefficient (Wildman–Crippen LogP) is 3.91. The number of benzene rings is 2. The number of ether oxygens (including phenoxy) is 1. The summed E-state index contributed by atoms with van der Waals surface area (Å²) in [7, 11) is -3.72. The van der Waals surface area contributed by atoms with Gasteiger partial charge in [0.15, 0.2) is 0 Å². The van der Waals surface area contributed by atoms with Crippen LogP contribution in [0, 0.1) is 6.92 Å². The van der Waals surface area contributed by atoms with E-state index in [1.54, 1.807) is 32.0 Å². The SMILES string of the molecule is CCOc1cccc(CNC(=O)[C@@H](CC)N(c2cc(Cl)ccc2C)S(C)(=O)=O)c1. The molecule has 0 aliphatic rings. The van der Waals surface area contributed by atoms with Crippen LogP contribution in [-0.4, -0.2) is 33.2 Å². The Labute approximate surface area is 177 Å². The minimum atomic E-state index is -3.72. The Balaban J connectivity index is 2.27. The van der Waals surface area contributed by atoms with Gasteiger partial charge >= 0.3 is 0 Å². The zero-order valence-electron chi connectivity index (χ0n) is 17.1. The molecule has 0 aliphatic carbocycles. The molecule has 0 saturated carbocycles. The number of carbonyl (C=O) groups is 1. The van der Waals surface area contributed by atoms with Crippen molar-refractivity contribution in [1.29, 1.82) is 0 Å². The number of sulfonamides is 1. The van der Waals surface area contributed by atoms with Crippen molar-refractivity contribution in [1.82, 2.24) is 5.32 Å². The van der Waals surface area contributed by atoms with Gasteiger partial charge in [0.25, 0.3) is 0 Å². The van der Waals surface area contributed by atoms with Crippen LogP contribution >= 0.6 is 11.6 Å². The van der Waals surface area contributed by atoms with Crippen molar-refractivity contribution in [2.75, 3.05) is 17.2 Å². The zero-order chi connectivity index (χ0) is 21.6. The fourth-order valence-corrected chi connectivity index (χ4v) is 4.50. The summed E-state index contributed by atoms with van der Waals surface area (Å²) >= 11 is 6.09. The highest BCUT2D eigenvalue weighted by atomic mass is 35.5. The number of hydrogen-bond donors (Lipinski definition) is 1. The van der Waals surface area contributed by atoms with Crippen molar-refractivity contribution in [3.05, 3.63) is 58.6 Å². The lowest BCUT2D eigenvalue weighted by Crippen LogP contribution is -2.49. The summed E-state index contributed by atoms with van der Waals surface area (Å²) in [5.41, 5.74) is 1.99. The standard InChI is InChI=1S/C21H27ClN2O4S/c1-5-19(21(25)23-14-16-8-7-9-18(12-16)28-6-2)24(29(4,26)27)20-13-17(22)11-10-15(20)3/h7-13,19H,5-6,14H2,1-4H3,(H,23,25)/t19-/m1/s1. The van der Waals surface area contributed by atoms with Crippen LogP contribution in [0.2, 0.25) is 5.02 Å². The molecule has 0 heterocycles. The van der Waals surface area contributed by atoms with Crippen LogP contribution in [-0.2, 0) is 21.4 Å². The molecule has 8 heteroatoms. The Bertz CT molecular complexity index is 963. The van der Waals surface area contributed by atoms with Crippen molar-refractivity contribution in [2.24, 2.45) is 0 Å². The third-order valence-corrected chi connectivity index (χ3v) is 5.82. The Hall–Kier alpha value is -2.25. The maximum Gasteiger partial charge on any atom is 0.244 e. The van der Waals surface area contributed by atoms with E-state index >= 15 is 0 Å². The Morgan fingerprint density at radius 2 is 1.93 bits per heavy atom. The molecule has 158 valence electrons. The van der Waals surface area contributed by atoms with Gasteiger partial charge in [-0.1, -0.05) is 36.7 Å². The van der Waals surface area contributed by atoms with Gasteiger partial charge in [-0.3, -0.25) is 9.10 Å². The lowest BCUT2D eigenvalue weighted by molar-refractivity contribution is -0.122. The molecule has 0 bridgehead atoms. The fraction of sp³-hybridized carbons (Fsp3) is 0.381. The van der Waals surface area contributed by atoms with E-state index in [1.807, 2.05) is 31.2 Å². The molecule has 2 aromatic rings. The van der Waals surface area contributed by atoms with E-state index < -0.39 is 16.1 Å². The molecule has 29 heavy (non-hydrogen) atoms. The molecule has 0 radical (unpaired) electrons. The van der Waals surface area contributed by atoms with Crippen LogP contribution in [0.5, 0.6) is 5.75 Å². The zero-order valence-corrected chi connectivity index (χ0v) is 18.7. The van der Waals surface area contributed by atoms with Gasteiger partial charge in [-0.15, -0.1) is 0 Å². The van der Waals surface area contributed by atoms with Crippen LogP contribution in [0.1, 0.15) is 31.4 Å². The van der Waals surface area contributed by atoms with Crippen molar-refractivity contribution >= 4 is 33.2 Å². The van der Waals surface area contributed by atoms with E-state index in [1.165, 1.54) is 0 Å². The number of anilines is 1. The molecular formula is C21H27ClN2O4S. The highest BCUT2D eigenvalue weighted by molar-refractivity contribution is 7.92. The number of rotatable bonds is 9. The monoisotopic (exact) mass is 438 g/mol. The van der Waals surface area contributed by atoms with Crippen LogP contribution in [0.15, 0.2) is 42.5 Å². The molecule has 2 aromatic carbocycles. The lowest BCUT2D eigenvalue weighted by Gasteiger charge is -2.31. The first kappa shape index (κ1) is 23.0. The molecule has 0 aromatic heterocycles. The highest BCUT2D eigenvalue weighted by Gasteiger charge is 2.32. The topological polar surface area (TPSA) is 75.7 Å². The smallest absolute Gasteiger partial charge is 0.244 e. The minimum absolute atomic E-state index is 0.266. The Kier molecular flexibility index (Phi) is 7.93. The third kappa shape index (κ3) is 6.11. The first-order valence-electron chi connectivity index (χ1n) is 9.42. The number of hydrogen-bond acceptors (Lipinski definition) is 4. The van der Waals surface area contributed by atoms with E-state index in [2.05, 4.69) is 5.32 Å². The van der Waals surface area contributed by atoms with Gasteiger partial charge in [0.1, 0.15) is 11.8 Å². The van der Waals surface area contributed by atoms with E-state index in [0.717, 1.165) is 27.4 Å². The first-order chi connectivity index (χ1) is 13.7. The quantitative estimate of drug-likeness (QED) is 0.644. The molecule has 0 unspecified atom stereocenters. The van der Waals surface area contributed by atoms with Gasteiger partial charge in [0, 0.05) is 11.6 Å². The van der Waals surface area contributed by atoms with Gasteiger partial charge < -0.3 is 10.1 Å². The van der Waals surface area contributed by atoms with Gasteiger partial charge in [0.2, 0.25) is 15.9 Å². The van der Waals surface area contributed by atoms with Gasteiger partial charge in [-0.25, -0.2) is 8.42 Å². The number of nitrogens with zero attached hydrogens (tertiary/aromatic N) is 1. The van der Waals surface area contributed by atoms with Gasteiger partial charge in [0.05, 0.1) is 18.6 Å². The van der Waals surface area contributed by atoms with Crippen LogP contribution in [0.25, 0.3) is 0 Å². The molecule has 1 amide bonds. The number of nitrogens with one attached hydrogen (secondary N) is 1. The van der Waals surface area contributed by atoms with Gasteiger partial charge in [-0.05, 0) is 55.7 Å². The molecule has 2 rings (SSSR count). The summed E-state index contributed by atoms with van der Waals surface area (Å²) in [6.07, 6.45) is 1.40. The van der Waals surface area contributed by atoms with Crippen molar-refractivity contribution in [3.8, 4) is 5.75 Å². The number of halogens is 1. The molecule has 1 atom stereocenters. The molecular weight excluding hydrogens is 412 g/mol. The average Bonchev–Trinajstić information content (AvgIpc) is 2.66. The first-order valence-corrected chi connectivity index (χ1v) is 11.6. The summed E-state index contributed by atoms with van der Waals surface area (Å²) in [5, 5.41) is 3.25. The Morgan fingerprint density at radius 1 is 1.21 bits per heavy atom. The normalized spacial score (nSPS) is 12.3. The third-order valence-electron chi connectivity index (χ3n) is 4.41. The van der Waals surface area contributed by atoms with Crippen molar-refractivity contribution in [2.45, 2.75) is 39.8 Å². The maximum absolute atomic E-state index is 12.9. The molecule has 0 aliphatic heterocycles. The van der Waals surface area contributed by atoms with E-state index in [-0.39, 0.29) is 12.5 Å². The van der Waals surface area contributed by atoms with Crippen molar-refractivity contribution < 1.29 is 17.9 Å². The maximum atomic E-state index is 12.9. The molecule has 0 saturated heterocycles. The summed E-state index contributed by atoms with van der Waals surface area (Å²) < 4.78 is 31.8. The van der Waals surface area contributed by atoms with Gasteiger partial charge in [-0.2, -0.15) is 0 Å². The predicted molar refractivity (Wildman–Crippen MR) is 117 cm³/mol.